The van der Waals surface area contributed by atoms with Gasteiger partial charge in [-0.25, -0.2) is 0 Å². The molecule has 1 N–H and O–H groups in total. The summed E-state index contributed by atoms with van der Waals surface area (Å²) in [6.07, 6.45) is 3.92. The topological polar surface area (TPSA) is 28.2 Å². The highest BCUT2D eigenvalue weighted by molar-refractivity contribution is 5.11. The van der Waals surface area contributed by atoms with E-state index in [1.807, 2.05) is 0 Å². The molecule has 2 atom stereocenters. The zero-order valence-corrected chi connectivity index (χ0v) is 12.5. The van der Waals surface area contributed by atoms with Crippen molar-refractivity contribution in [1.29, 1.82) is 0 Å². The van der Waals surface area contributed by atoms with E-state index in [4.69, 9.17) is 4.98 Å². The molecule has 0 spiro atoms. The first-order valence-electron chi connectivity index (χ1n) is 7.65. The second-order valence-corrected chi connectivity index (χ2v) is 5.56. The van der Waals surface area contributed by atoms with Gasteiger partial charge in [-0.1, -0.05) is 19.9 Å². The predicted molar refractivity (Wildman–Crippen MR) is 79.9 cm³/mol. The molecule has 0 aliphatic carbocycles. The Morgan fingerprint density at radius 1 is 1.26 bits per heavy atom. The molecule has 2 heterocycles. The van der Waals surface area contributed by atoms with Crippen LogP contribution in [-0.4, -0.2) is 28.5 Å². The van der Waals surface area contributed by atoms with Gasteiger partial charge in [-0.2, -0.15) is 0 Å². The van der Waals surface area contributed by atoms with Gasteiger partial charge in [0, 0.05) is 25.2 Å². The summed E-state index contributed by atoms with van der Waals surface area (Å²) in [5, 5.41) is 3.34. The highest BCUT2D eigenvalue weighted by Gasteiger charge is 2.29. The average Bonchev–Trinajstić information content (AvgIpc) is 2.78. The SMILES string of the molecule is CCNCc1cccc(CN2C(C)CCC2CC)n1. The van der Waals surface area contributed by atoms with Crippen molar-refractivity contribution in [2.45, 2.75) is 65.2 Å². The lowest BCUT2D eigenvalue weighted by atomic mass is 10.1. The molecule has 1 saturated heterocycles. The molecule has 1 aliphatic rings. The summed E-state index contributed by atoms with van der Waals surface area (Å²) in [6.45, 7) is 9.63. The minimum Gasteiger partial charge on any atom is -0.311 e. The Bertz CT molecular complexity index is 391. The molecule has 3 heteroatoms. The maximum Gasteiger partial charge on any atom is 0.0548 e. The van der Waals surface area contributed by atoms with Crippen molar-refractivity contribution in [1.82, 2.24) is 15.2 Å². The maximum absolute atomic E-state index is 4.77. The molecule has 0 bridgehead atoms. The molecule has 1 aromatic rings. The highest BCUT2D eigenvalue weighted by atomic mass is 15.2. The van der Waals surface area contributed by atoms with Gasteiger partial charge in [0.15, 0.2) is 0 Å². The van der Waals surface area contributed by atoms with Gasteiger partial charge in [-0.15, -0.1) is 0 Å². The normalized spacial score (nSPS) is 23.9. The van der Waals surface area contributed by atoms with E-state index in [1.54, 1.807) is 0 Å². The fourth-order valence-electron chi connectivity index (χ4n) is 3.00. The number of hydrogen-bond donors (Lipinski definition) is 1. The fraction of sp³-hybridized carbons (Fsp3) is 0.688. The minimum absolute atomic E-state index is 0.698. The number of aromatic nitrogens is 1. The van der Waals surface area contributed by atoms with E-state index in [1.165, 1.54) is 25.0 Å². The van der Waals surface area contributed by atoms with Crippen LogP contribution in [-0.2, 0) is 13.1 Å². The van der Waals surface area contributed by atoms with E-state index in [0.717, 1.165) is 31.4 Å². The smallest absolute Gasteiger partial charge is 0.0548 e. The Labute approximate surface area is 117 Å². The van der Waals surface area contributed by atoms with Gasteiger partial charge in [0.05, 0.1) is 11.4 Å². The lowest BCUT2D eigenvalue weighted by Gasteiger charge is -2.27. The van der Waals surface area contributed by atoms with Gasteiger partial charge in [0.2, 0.25) is 0 Å². The Hall–Kier alpha value is -0.930. The van der Waals surface area contributed by atoms with Crippen LogP contribution >= 0.6 is 0 Å². The standard InChI is InChI=1S/C16H27N3/c1-4-16-10-9-13(3)19(16)12-15-8-6-7-14(18-15)11-17-5-2/h6-8,13,16-17H,4-5,9-12H2,1-3H3. The fourth-order valence-corrected chi connectivity index (χ4v) is 3.00. The molecule has 0 saturated carbocycles. The lowest BCUT2D eigenvalue weighted by Crippen LogP contribution is -2.33. The molecule has 0 radical (unpaired) electrons. The second-order valence-electron chi connectivity index (χ2n) is 5.56. The first kappa shape index (κ1) is 14.5. The van der Waals surface area contributed by atoms with Gasteiger partial charge in [0.1, 0.15) is 0 Å². The van der Waals surface area contributed by atoms with Crippen LogP contribution in [0.4, 0.5) is 0 Å². The highest BCUT2D eigenvalue weighted by Crippen LogP contribution is 2.27. The first-order valence-corrected chi connectivity index (χ1v) is 7.65. The van der Waals surface area contributed by atoms with Gasteiger partial charge in [-0.05, 0) is 44.9 Å². The maximum atomic E-state index is 4.77. The van der Waals surface area contributed by atoms with Crippen molar-refractivity contribution in [3.8, 4) is 0 Å². The van der Waals surface area contributed by atoms with Crippen LogP contribution in [0, 0.1) is 0 Å². The van der Waals surface area contributed by atoms with Crippen LogP contribution < -0.4 is 5.32 Å². The van der Waals surface area contributed by atoms with Gasteiger partial charge >= 0.3 is 0 Å². The van der Waals surface area contributed by atoms with Crippen molar-refractivity contribution < 1.29 is 0 Å². The molecule has 2 unspecified atom stereocenters. The van der Waals surface area contributed by atoms with Crippen molar-refractivity contribution in [3.05, 3.63) is 29.6 Å². The van der Waals surface area contributed by atoms with Crippen molar-refractivity contribution in [3.63, 3.8) is 0 Å². The van der Waals surface area contributed by atoms with E-state index in [2.05, 4.69) is 49.2 Å². The van der Waals surface area contributed by atoms with Gasteiger partial charge in [0.25, 0.3) is 0 Å². The number of rotatable bonds is 6. The van der Waals surface area contributed by atoms with Crippen molar-refractivity contribution >= 4 is 0 Å². The molecule has 0 amide bonds. The second kappa shape index (κ2) is 7.01. The molecular formula is C16H27N3. The molecule has 1 aromatic heterocycles. The zero-order chi connectivity index (χ0) is 13.7. The summed E-state index contributed by atoms with van der Waals surface area (Å²) in [4.78, 5) is 7.40. The third-order valence-electron chi connectivity index (χ3n) is 4.19. The number of nitrogens with one attached hydrogen (secondary N) is 1. The molecular weight excluding hydrogens is 234 g/mol. The number of hydrogen-bond acceptors (Lipinski definition) is 3. The van der Waals surface area contributed by atoms with Gasteiger partial charge in [-0.3, -0.25) is 9.88 Å². The molecule has 0 aromatic carbocycles. The van der Waals surface area contributed by atoms with Gasteiger partial charge < -0.3 is 5.32 Å². The number of pyridine rings is 1. The van der Waals surface area contributed by atoms with Crippen molar-refractivity contribution in [2.24, 2.45) is 0 Å². The quantitative estimate of drug-likeness (QED) is 0.853. The molecule has 3 nitrogen and oxygen atoms in total. The Kier molecular flexibility index (Phi) is 5.34. The molecule has 106 valence electrons. The van der Waals surface area contributed by atoms with Crippen molar-refractivity contribution in [2.75, 3.05) is 6.54 Å². The lowest BCUT2D eigenvalue weighted by molar-refractivity contribution is 0.187. The predicted octanol–water partition coefficient (Wildman–Crippen LogP) is 2.95. The Morgan fingerprint density at radius 2 is 2.05 bits per heavy atom. The van der Waals surface area contributed by atoms with E-state index < -0.39 is 0 Å². The monoisotopic (exact) mass is 261 g/mol. The van der Waals surface area contributed by atoms with E-state index in [0.29, 0.717) is 6.04 Å². The largest absolute Gasteiger partial charge is 0.311 e. The number of nitrogens with zero attached hydrogens (tertiary/aromatic N) is 2. The average molecular weight is 261 g/mol. The summed E-state index contributed by atoms with van der Waals surface area (Å²) in [5.41, 5.74) is 2.36. The summed E-state index contributed by atoms with van der Waals surface area (Å²) in [7, 11) is 0. The van der Waals surface area contributed by atoms with E-state index >= 15 is 0 Å². The first-order chi connectivity index (χ1) is 9.24. The zero-order valence-electron chi connectivity index (χ0n) is 12.5. The van der Waals surface area contributed by atoms with Crippen LogP contribution in [0.25, 0.3) is 0 Å². The molecule has 1 aliphatic heterocycles. The summed E-state index contributed by atoms with van der Waals surface area (Å²) < 4.78 is 0. The van der Waals surface area contributed by atoms with Crippen LogP contribution in [0.15, 0.2) is 18.2 Å². The molecule has 1 fully saturated rings. The number of likely N-dealkylation sites (tertiary alicyclic amines) is 1. The minimum atomic E-state index is 0.698. The molecule has 19 heavy (non-hydrogen) atoms. The summed E-state index contributed by atoms with van der Waals surface area (Å²) >= 11 is 0. The Morgan fingerprint density at radius 3 is 2.79 bits per heavy atom. The summed E-state index contributed by atoms with van der Waals surface area (Å²) in [6, 6.07) is 7.85. The van der Waals surface area contributed by atoms with Crippen LogP contribution in [0.1, 0.15) is 51.4 Å². The third-order valence-corrected chi connectivity index (χ3v) is 4.19. The third kappa shape index (κ3) is 3.77. The van der Waals surface area contributed by atoms with Crippen LogP contribution in [0.3, 0.4) is 0 Å². The van der Waals surface area contributed by atoms with Crippen LogP contribution in [0.5, 0.6) is 0 Å². The Balaban J connectivity index is 2.01. The molecule has 2 rings (SSSR count). The summed E-state index contributed by atoms with van der Waals surface area (Å²) in [5.74, 6) is 0. The van der Waals surface area contributed by atoms with E-state index in [-0.39, 0.29) is 0 Å². The van der Waals surface area contributed by atoms with E-state index in [9.17, 15) is 0 Å². The van der Waals surface area contributed by atoms with Crippen LogP contribution in [0.2, 0.25) is 0 Å².